The van der Waals surface area contributed by atoms with Gasteiger partial charge in [-0.2, -0.15) is 0 Å². The average molecular weight is 494 g/mol. The van der Waals surface area contributed by atoms with Crippen LogP contribution in [0.2, 0.25) is 0 Å². The summed E-state index contributed by atoms with van der Waals surface area (Å²) < 4.78 is 16.2. The minimum Gasteiger partial charge on any atom is -0.490 e. The van der Waals surface area contributed by atoms with Crippen molar-refractivity contribution < 1.29 is 23.8 Å². The summed E-state index contributed by atoms with van der Waals surface area (Å²) >= 11 is 5.26. The molecule has 3 aromatic carbocycles. The predicted molar refractivity (Wildman–Crippen MR) is 138 cm³/mol. The number of amides is 2. The van der Waals surface area contributed by atoms with Crippen LogP contribution in [0, 0.1) is 0 Å². The molecule has 8 nitrogen and oxygen atoms in total. The monoisotopic (exact) mass is 493 g/mol. The van der Waals surface area contributed by atoms with Crippen LogP contribution in [0.3, 0.4) is 0 Å². The number of para-hydroxylation sites is 1. The molecule has 0 atom stereocenters. The Bertz CT molecular complexity index is 1140. The summed E-state index contributed by atoms with van der Waals surface area (Å²) in [7, 11) is 1.57. The van der Waals surface area contributed by atoms with Crippen molar-refractivity contribution in [1.82, 2.24) is 10.6 Å². The second-order valence-corrected chi connectivity index (χ2v) is 7.68. The molecule has 0 unspecified atom stereocenters. The average Bonchev–Trinajstić information content (AvgIpc) is 2.87. The Balaban J connectivity index is 1.48. The number of thiocarbonyl (C=S) groups is 1. The van der Waals surface area contributed by atoms with Crippen molar-refractivity contribution in [2.45, 2.75) is 0 Å². The van der Waals surface area contributed by atoms with Crippen LogP contribution in [0.4, 0.5) is 5.69 Å². The van der Waals surface area contributed by atoms with Crippen LogP contribution in [-0.2, 0) is 4.74 Å². The van der Waals surface area contributed by atoms with E-state index in [0.717, 1.165) is 5.75 Å². The van der Waals surface area contributed by atoms with Gasteiger partial charge in [0.25, 0.3) is 11.8 Å². The first kappa shape index (κ1) is 25.7. The Morgan fingerprint density at radius 2 is 1.43 bits per heavy atom. The smallest absolute Gasteiger partial charge is 0.257 e. The van der Waals surface area contributed by atoms with E-state index in [4.69, 9.17) is 26.4 Å². The van der Waals surface area contributed by atoms with Gasteiger partial charge in [0, 0.05) is 30.5 Å². The molecular weight excluding hydrogens is 466 g/mol. The van der Waals surface area contributed by atoms with Gasteiger partial charge in [0.15, 0.2) is 5.11 Å². The van der Waals surface area contributed by atoms with Gasteiger partial charge >= 0.3 is 0 Å². The summed E-state index contributed by atoms with van der Waals surface area (Å²) in [5.41, 5.74) is 1.42. The van der Waals surface area contributed by atoms with Crippen molar-refractivity contribution in [2.24, 2.45) is 0 Å². The van der Waals surface area contributed by atoms with Gasteiger partial charge in [-0.3, -0.25) is 14.9 Å². The molecule has 182 valence electrons. The number of hydrogen-bond donors (Lipinski definition) is 3. The molecule has 3 aromatic rings. The second kappa shape index (κ2) is 13.7. The number of carbonyl (C=O) groups is 2. The highest BCUT2D eigenvalue weighted by atomic mass is 32.1. The van der Waals surface area contributed by atoms with Gasteiger partial charge in [-0.1, -0.05) is 30.3 Å². The lowest BCUT2D eigenvalue weighted by atomic mass is 10.2. The maximum Gasteiger partial charge on any atom is 0.257 e. The quantitative estimate of drug-likeness (QED) is 0.277. The van der Waals surface area contributed by atoms with Crippen LogP contribution < -0.4 is 25.4 Å². The lowest BCUT2D eigenvalue weighted by Gasteiger charge is -2.12. The molecule has 0 aliphatic heterocycles. The SMILES string of the molecule is COCCNC(=O)c1cccc(NC(=S)NC(=O)c2cccc(OCCOc3ccccc3)c2)c1. The van der Waals surface area contributed by atoms with Gasteiger partial charge < -0.3 is 24.8 Å². The second-order valence-electron chi connectivity index (χ2n) is 7.28. The summed E-state index contributed by atoms with van der Waals surface area (Å²) in [5, 5.41) is 8.42. The summed E-state index contributed by atoms with van der Waals surface area (Å²) in [6.45, 7) is 1.53. The van der Waals surface area contributed by atoms with Crippen LogP contribution in [0.25, 0.3) is 0 Å². The number of nitrogens with one attached hydrogen (secondary N) is 3. The lowest BCUT2D eigenvalue weighted by molar-refractivity contribution is 0.0935. The van der Waals surface area contributed by atoms with E-state index in [0.29, 0.717) is 48.9 Å². The van der Waals surface area contributed by atoms with Crippen LogP contribution in [0.1, 0.15) is 20.7 Å². The Morgan fingerprint density at radius 1 is 0.771 bits per heavy atom. The molecule has 3 rings (SSSR count). The molecule has 9 heteroatoms. The number of rotatable bonds is 11. The summed E-state index contributed by atoms with van der Waals surface area (Å²) in [4.78, 5) is 24.8. The molecule has 0 aromatic heterocycles. The van der Waals surface area contributed by atoms with E-state index in [1.807, 2.05) is 30.3 Å². The van der Waals surface area contributed by atoms with Gasteiger partial charge in [-0.05, 0) is 60.7 Å². The zero-order chi connectivity index (χ0) is 24.9. The first-order chi connectivity index (χ1) is 17.0. The highest BCUT2D eigenvalue weighted by Crippen LogP contribution is 2.15. The van der Waals surface area contributed by atoms with Crippen LogP contribution in [0.15, 0.2) is 78.9 Å². The predicted octanol–water partition coefficient (Wildman–Crippen LogP) is 3.65. The van der Waals surface area contributed by atoms with E-state index in [1.54, 1.807) is 55.6 Å². The third-order valence-electron chi connectivity index (χ3n) is 4.66. The summed E-state index contributed by atoms with van der Waals surface area (Å²) in [6, 6.07) is 23.0. The summed E-state index contributed by atoms with van der Waals surface area (Å²) in [5.74, 6) is 0.691. The van der Waals surface area contributed by atoms with Crippen molar-refractivity contribution in [2.75, 3.05) is 38.8 Å². The Hall–Kier alpha value is -3.95. The minimum absolute atomic E-state index is 0.106. The van der Waals surface area contributed by atoms with Crippen LogP contribution in [-0.4, -0.2) is 50.4 Å². The van der Waals surface area contributed by atoms with E-state index in [1.165, 1.54) is 0 Å². The van der Waals surface area contributed by atoms with Gasteiger partial charge in [0.05, 0.1) is 6.61 Å². The topological polar surface area (TPSA) is 97.9 Å². The largest absolute Gasteiger partial charge is 0.490 e. The highest BCUT2D eigenvalue weighted by molar-refractivity contribution is 7.80. The van der Waals surface area contributed by atoms with Crippen molar-refractivity contribution in [3.05, 3.63) is 90.0 Å². The first-order valence-electron chi connectivity index (χ1n) is 11.0. The van der Waals surface area contributed by atoms with Crippen molar-refractivity contribution in [3.8, 4) is 11.5 Å². The van der Waals surface area contributed by atoms with Crippen LogP contribution >= 0.6 is 12.2 Å². The van der Waals surface area contributed by atoms with E-state index < -0.39 is 0 Å². The molecule has 0 spiro atoms. The number of ether oxygens (including phenoxy) is 3. The van der Waals surface area contributed by atoms with Gasteiger partial charge in [-0.25, -0.2) is 0 Å². The van der Waals surface area contributed by atoms with Crippen molar-refractivity contribution >= 4 is 34.8 Å². The molecule has 0 saturated carbocycles. The molecule has 0 bridgehead atoms. The number of anilines is 1. The molecule has 35 heavy (non-hydrogen) atoms. The van der Waals surface area contributed by atoms with Crippen LogP contribution in [0.5, 0.6) is 11.5 Å². The number of benzene rings is 3. The van der Waals surface area contributed by atoms with Gasteiger partial charge in [-0.15, -0.1) is 0 Å². The Kier molecular flexibility index (Phi) is 10.0. The zero-order valence-electron chi connectivity index (χ0n) is 19.3. The first-order valence-corrected chi connectivity index (χ1v) is 11.4. The molecule has 0 aliphatic rings. The maximum atomic E-state index is 12.6. The molecule has 0 heterocycles. The number of methoxy groups -OCH3 is 1. The molecule has 0 fully saturated rings. The third-order valence-corrected chi connectivity index (χ3v) is 4.87. The third kappa shape index (κ3) is 8.73. The van der Waals surface area contributed by atoms with Gasteiger partial charge in [0.2, 0.25) is 0 Å². The molecule has 3 N–H and O–H groups in total. The van der Waals surface area contributed by atoms with Crippen molar-refractivity contribution in [3.63, 3.8) is 0 Å². The van der Waals surface area contributed by atoms with E-state index in [2.05, 4.69) is 16.0 Å². The Labute approximate surface area is 209 Å². The Morgan fingerprint density at radius 3 is 2.17 bits per heavy atom. The van der Waals surface area contributed by atoms with Crippen molar-refractivity contribution in [1.29, 1.82) is 0 Å². The number of carbonyl (C=O) groups excluding carboxylic acids is 2. The van der Waals surface area contributed by atoms with Gasteiger partial charge in [0.1, 0.15) is 24.7 Å². The molecule has 0 aliphatic carbocycles. The molecule has 0 saturated heterocycles. The highest BCUT2D eigenvalue weighted by Gasteiger charge is 2.11. The maximum absolute atomic E-state index is 12.6. The fourth-order valence-electron chi connectivity index (χ4n) is 3.01. The summed E-state index contributed by atoms with van der Waals surface area (Å²) in [6.07, 6.45) is 0. The lowest BCUT2D eigenvalue weighted by Crippen LogP contribution is -2.34. The minimum atomic E-state index is -0.387. The van der Waals surface area contributed by atoms with E-state index in [-0.39, 0.29) is 16.9 Å². The molecular formula is C26H27N3O5S. The fraction of sp³-hybridized carbons (Fsp3) is 0.192. The standard InChI is InChI=1S/C26H27N3O5S/c1-32-14-13-27-24(30)19-7-5-9-21(17-19)28-26(35)29-25(31)20-8-6-12-23(18-20)34-16-15-33-22-10-3-2-4-11-22/h2-12,17-18H,13-16H2,1H3,(H,27,30)(H2,28,29,31,35). The fourth-order valence-corrected chi connectivity index (χ4v) is 3.22. The molecule has 2 amide bonds. The number of hydrogen-bond acceptors (Lipinski definition) is 6. The zero-order valence-corrected chi connectivity index (χ0v) is 20.1. The van der Waals surface area contributed by atoms with E-state index in [9.17, 15) is 9.59 Å². The normalized spacial score (nSPS) is 10.2. The van der Waals surface area contributed by atoms with E-state index >= 15 is 0 Å². The molecule has 0 radical (unpaired) electrons.